The first kappa shape index (κ1) is 18.2. The smallest absolute Gasteiger partial charge is 0.320 e. The van der Waals surface area contributed by atoms with E-state index in [-0.39, 0.29) is 12.1 Å². The Bertz CT molecular complexity index is 556. The van der Waals surface area contributed by atoms with Crippen LogP contribution in [0.4, 0.5) is 10.6 Å². The van der Waals surface area contributed by atoms with Gasteiger partial charge >= 0.3 is 6.03 Å². The number of urea groups is 1. The number of aryl methyl sites for hydroxylation is 2. The number of aromatic nitrogens is 2. The van der Waals surface area contributed by atoms with Crippen LogP contribution in [-0.4, -0.2) is 46.4 Å². The van der Waals surface area contributed by atoms with Gasteiger partial charge in [-0.1, -0.05) is 26.2 Å². The highest BCUT2D eigenvalue weighted by molar-refractivity contribution is 5.88. The molecule has 2 N–H and O–H groups in total. The van der Waals surface area contributed by atoms with E-state index in [1.54, 1.807) is 4.68 Å². The number of nitrogens with zero attached hydrogens (tertiary/aromatic N) is 3. The molecule has 25 heavy (non-hydrogen) atoms. The summed E-state index contributed by atoms with van der Waals surface area (Å²) in [4.78, 5) is 14.9. The summed E-state index contributed by atoms with van der Waals surface area (Å²) < 4.78 is 1.74. The van der Waals surface area contributed by atoms with Gasteiger partial charge in [0.25, 0.3) is 0 Å². The number of amides is 2. The van der Waals surface area contributed by atoms with Gasteiger partial charge in [0.1, 0.15) is 5.82 Å². The van der Waals surface area contributed by atoms with Crippen LogP contribution in [0.15, 0.2) is 6.07 Å². The second-order valence-electron chi connectivity index (χ2n) is 7.72. The molecular weight excluding hydrogens is 314 g/mol. The normalized spacial score (nSPS) is 20.1. The highest BCUT2D eigenvalue weighted by Gasteiger charge is 2.24. The van der Waals surface area contributed by atoms with Crippen LogP contribution in [0.3, 0.4) is 0 Å². The van der Waals surface area contributed by atoms with Gasteiger partial charge in [-0.2, -0.15) is 5.10 Å². The quantitative estimate of drug-likeness (QED) is 0.831. The molecule has 0 spiro atoms. The Morgan fingerprint density at radius 3 is 2.64 bits per heavy atom. The lowest BCUT2D eigenvalue weighted by Crippen LogP contribution is -2.46. The molecule has 0 bridgehead atoms. The number of hydrogen-bond acceptors (Lipinski definition) is 3. The lowest BCUT2D eigenvalue weighted by atomic mass is 10.0. The zero-order valence-corrected chi connectivity index (χ0v) is 15.8. The van der Waals surface area contributed by atoms with Crippen molar-refractivity contribution in [1.29, 1.82) is 0 Å². The summed E-state index contributed by atoms with van der Waals surface area (Å²) in [5.41, 5.74) is 1.03. The summed E-state index contributed by atoms with van der Waals surface area (Å²) >= 11 is 0. The zero-order valence-electron chi connectivity index (χ0n) is 15.8. The summed E-state index contributed by atoms with van der Waals surface area (Å²) in [5, 5.41) is 10.5. The molecule has 0 aromatic carbocycles. The number of anilines is 1. The Balaban J connectivity index is 1.40. The van der Waals surface area contributed by atoms with Crippen molar-refractivity contribution in [2.24, 2.45) is 13.0 Å². The van der Waals surface area contributed by atoms with Gasteiger partial charge in [0.2, 0.25) is 0 Å². The van der Waals surface area contributed by atoms with Crippen molar-refractivity contribution in [3.05, 3.63) is 11.8 Å². The number of hydrogen-bond donors (Lipinski definition) is 2. The molecule has 3 rings (SSSR count). The molecule has 1 aliphatic carbocycles. The molecular formula is C19H33N5O. The molecule has 6 nitrogen and oxygen atoms in total. The van der Waals surface area contributed by atoms with Crippen molar-refractivity contribution in [2.75, 3.05) is 25.0 Å². The molecule has 6 heteroatoms. The second-order valence-corrected chi connectivity index (χ2v) is 7.72. The molecule has 1 aromatic heterocycles. The lowest BCUT2D eigenvalue weighted by Gasteiger charge is -2.33. The first-order valence-electron chi connectivity index (χ1n) is 9.97. The number of piperidine rings is 1. The van der Waals surface area contributed by atoms with E-state index in [0.29, 0.717) is 0 Å². The topological polar surface area (TPSA) is 62.2 Å². The predicted octanol–water partition coefficient (Wildman–Crippen LogP) is 3.15. The van der Waals surface area contributed by atoms with E-state index in [1.165, 1.54) is 32.2 Å². The largest absolute Gasteiger partial charge is 0.335 e. The maximum absolute atomic E-state index is 12.3. The van der Waals surface area contributed by atoms with E-state index < -0.39 is 0 Å². The summed E-state index contributed by atoms with van der Waals surface area (Å²) in [6.07, 6.45) is 9.74. The molecule has 0 radical (unpaired) electrons. The van der Waals surface area contributed by atoms with Crippen LogP contribution in [0.2, 0.25) is 0 Å². The fraction of sp³-hybridized carbons (Fsp3) is 0.789. The Kier molecular flexibility index (Phi) is 6.34. The van der Waals surface area contributed by atoms with E-state index >= 15 is 0 Å². The van der Waals surface area contributed by atoms with Crippen LogP contribution in [0.25, 0.3) is 0 Å². The molecule has 1 saturated carbocycles. The van der Waals surface area contributed by atoms with E-state index in [9.17, 15) is 4.79 Å². The van der Waals surface area contributed by atoms with Crippen molar-refractivity contribution < 1.29 is 4.79 Å². The van der Waals surface area contributed by atoms with Gasteiger partial charge in [0, 0.05) is 38.8 Å². The number of rotatable bonds is 6. The monoisotopic (exact) mass is 347 g/mol. The van der Waals surface area contributed by atoms with Gasteiger partial charge in [-0.25, -0.2) is 4.79 Å². The molecule has 2 fully saturated rings. The minimum atomic E-state index is -0.111. The summed E-state index contributed by atoms with van der Waals surface area (Å²) in [6.45, 7) is 5.60. The Labute approximate surface area is 151 Å². The average Bonchev–Trinajstić information content (AvgIpc) is 3.20. The molecule has 1 aromatic rings. The van der Waals surface area contributed by atoms with Gasteiger partial charge in [-0.15, -0.1) is 0 Å². The highest BCUT2D eigenvalue weighted by atomic mass is 16.2. The van der Waals surface area contributed by atoms with Gasteiger partial charge in [0.05, 0.1) is 5.69 Å². The van der Waals surface area contributed by atoms with Gasteiger partial charge < -0.3 is 10.2 Å². The Morgan fingerprint density at radius 2 is 1.96 bits per heavy atom. The lowest BCUT2D eigenvalue weighted by molar-refractivity contribution is 0.173. The van der Waals surface area contributed by atoms with Crippen LogP contribution >= 0.6 is 0 Å². The van der Waals surface area contributed by atoms with E-state index in [4.69, 9.17) is 0 Å². The Morgan fingerprint density at radius 1 is 1.24 bits per heavy atom. The second kappa shape index (κ2) is 8.70. The third-order valence-corrected chi connectivity index (χ3v) is 5.59. The third kappa shape index (κ3) is 5.21. The molecule has 0 unspecified atom stereocenters. The molecule has 2 aliphatic rings. The maximum atomic E-state index is 12.3. The van der Waals surface area contributed by atoms with Crippen molar-refractivity contribution in [3.63, 3.8) is 0 Å². The average molecular weight is 348 g/mol. The van der Waals surface area contributed by atoms with Crippen molar-refractivity contribution >= 4 is 11.8 Å². The SMILES string of the molecule is CCCc1cc(NC(=O)NC2CCN(CC3CCCC3)CC2)n(C)n1. The standard InChI is InChI=1S/C19H33N5O/c1-3-6-17-13-18(23(2)22-17)21-19(25)20-16-9-11-24(12-10-16)14-15-7-4-5-8-15/h13,15-16H,3-12,14H2,1-2H3,(H2,20,21,25). The van der Waals surface area contributed by atoms with Crippen LogP contribution in [0, 0.1) is 5.92 Å². The number of likely N-dealkylation sites (tertiary alicyclic amines) is 1. The predicted molar refractivity (Wildman–Crippen MR) is 101 cm³/mol. The summed E-state index contributed by atoms with van der Waals surface area (Å²) in [7, 11) is 1.87. The van der Waals surface area contributed by atoms with Crippen LogP contribution < -0.4 is 10.6 Å². The van der Waals surface area contributed by atoms with Crippen LogP contribution in [0.5, 0.6) is 0 Å². The maximum Gasteiger partial charge on any atom is 0.320 e. The van der Waals surface area contributed by atoms with Gasteiger partial charge in [-0.3, -0.25) is 10.00 Å². The van der Waals surface area contributed by atoms with Crippen LogP contribution in [-0.2, 0) is 13.5 Å². The van der Waals surface area contributed by atoms with Crippen molar-refractivity contribution in [2.45, 2.75) is 64.3 Å². The number of carbonyl (C=O) groups excluding carboxylic acids is 1. The summed E-state index contributed by atoms with van der Waals surface area (Å²) in [5.74, 6) is 1.68. The third-order valence-electron chi connectivity index (χ3n) is 5.59. The van der Waals surface area contributed by atoms with Gasteiger partial charge in [0.15, 0.2) is 0 Å². The summed E-state index contributed by atoms with van der Waals surface area (Å²) in [6, 6.07) is 2.14. The highest BCUT2D eigenvalue weighted by Crippen LogP contribution is 2.26. The van der Waals surface area contributed by atoms with Crippen molar-refractivity contribution in [1.82, 2.24) is 20.0 Å². The van der Waals surface area contributed by atoms with E-state index in [0.717, 1.165) is 56.2 Å². The molecule has 1 saturated heterocycles. The van der Waals surface area contributed by atoms with E-state index in [1.807, 2.05) is 13.1 Å². The van der Waals surface area contributed by atoms with Crippen LogP contribution in [0.1, 0.15) is 57.6 Å². The molecule has 2 heterocycles. The molecule has 1 aliphatic heterocycles. The zero-order chi connectivity index (χ0) is 17.6. The Hall–Kier alpha value is -1.56. The number of carbonyl (C=O) groups is 1. The minimum absolute atomic E-state index is 0.111. The first-order valence-corrected chi connectivity index (χ1v) is 9.97. The minimum Gasteiger partial charge on any atom is -0.335 e. The molecule has 2 amide bonds. The molecule has 0 atom stereocenters. The fourth-order valence-electron chi connectivity index (χ4n) is 4.18. The molecule has 140 valence electrons. The first-order chi connectivity index (χ1) is 12.1. The van der Waals surface area contributed by atoms with Gasteiger partial charge in [-0.05, 0) is 38.0 Å². The van der Waals surface area contributed by atoms with E-state index in [2.05, 4.69) is 27.6 Å². The number of nitrogens with one attached hydrogen (secondary N) is 2. The van der Waals surface area contributed by atoms with Crippen molar-refractivity contribution in [3.8, 4) is 0 Å². The fourth-order valence-corrected chi connectivity index (χ4v) is 4.18.